The Kier molecular flexibility index (Phi) is 5.40. The first-order valence-electron chi connectivity index (χ1n) is 9.38. The molecule has 0 atom stereocenters. The lowest BCUT2D eigenvalue weighted by Crippen LogP contribution is -2.10. The van der Waals surface area contributed by atoms with Crippen molar-refractivity contribution in [3.63, 3.8) is 0 Å². The van der Waals surface area contributed by atoms with E-state index in [4.69, 9.17) is 14.9 Å². The van der Waals surface area contributed by atoms with Gasteiger partial charge in [0.1, 0.15) is 5.75 Å². The van der Waals surface area contributed by atoms with Crippen molar-refractivity contribution in [1.29, 1.82) is 0 Å². The molecule has 0 aliphatic rings. The van der Waals surface area contributed by atoms with Gasteiger partial charge < -0.3 is 19.8 Å². The molecule has 2 aromatic carbocycles. The molecule has 8 nitrogen and oxygen atoms in total. The van der Waals surface area contributed by atoms with Gasteiger partial charge in [-0.3, -0.25) is 0 Å². The van der Waals surface area contributed by atoms with Crippen molar-refractivity contribution < 1.29 is 9.15 Å². The second kappa shape index (κ2) is 8.30. The van der Waals surface area contributed by atoms with Crippen LogP contribution in [-0.2, 0) is 6.54 Å². The fourth-order valence-corrected chi connectivity index (χ4v) is 3.01. The van der Waals surface area contributed by atoms with Crippen LogP contribution in [0.5, 0.6) is 5.75 Å². The van der Waals surface area contributed by atoms with Gasteiger partial charge in [0.25, 0.3) is 5.89 Å². The molecule has 2 heterocycles. The van der Waals surface area contributed by atoms with Crippen molar-refractivity contribution in [2.75, 3.05) is 26.9 Å². The zero-order chi connectivity index (χ0) is 21.1. The molecule has 152 valence electrons. The Labute approximate surface area is 174 Å². The number of nitrogen functional groups attached to an aromatic ring is 1. The predicted octanol–water partition coefficient (Wildman–Crippen LogP) is 3.51. The number of benzene rings is 2. The van der Waals surface area contributed by atoms with E-state index in [1.807, 2.05) is 50.5 Å². The second-order valence-electron chi connectivity index (χ2n) is 7.06. The average molecular weight is 402 g/mol. The topological polar surface area (TPSA) is 103 Å². The van der Waals surface area contributed by atoms with Gasteiger partial charge in [-0.15, -0.1) is 10.2 Å². The SMILES string of the molecule is COc1ccc(-c2nnc(-c3nc(-c4ccc(CN(C)C)cc4)cnc3N)o2)cc1. The summed E-state index contributed by atoms with van der Waals surface area (Å²) in [7, 11) is 5.69. The first kappa shape index (κ1) is 19.5. The van der Waals surface area contributed by atoms with E-state index in [1.165, 1.54) is 5.56 Å². The van der Waals surface area contributed by atoms with Gasteiger partial charge in [-0.2, -0.15) is 0 Å². The van der Waals surface area contributed by atoms with Crippen LogP contribution in [0.3, 0.4) is 0 Å². The third-order valence-corrected chi connectivity index (χ3v) is 4.51. The zero-order valence-electron chi connectivity index (χ0n) is 17.0. The van der Waals surface area contributed by atoms with Gasteiger partial charge in [-0.25, -0.2) is 9.97 Å². The van der Waals surface area contributed by atoms with Crippen molar-refractivity contribution >= 4 is 5.82 Å². The zero-order valence-corrected chi connectivity index (χ0v) is 17.0. The lowest BCUT2D eigenvalue weighted by atomic mass is 10.1. The van der Waals surface area contributed by atoms with E-state index in [9.17, 15) is 0 Å². The standard InChI is InChI=1S/C22H22N6O2/c1-28(2)13-14-4-6-15(7-5-14)18-12-24-20(23)19(25-18)22-27-26-21(30-22)16-8-10-17(29-3)11-9-16/h4-12H,13H2,1-3H3,(H2,23,24). The maximum absolute atomic E-state index is 6.04. The van der Waals surface area contributed by atoms with Crippen molar-refractivity contribution in [2.24, 2.45) is 0 Å². The van der Waals surface area contributed by atoms with E-state index in [0.717, 1.165) is 23.4 Å². The summed E-state index contributed by atoms with van der Waals surface area (Å²) < 4.78 is 11.0. The highest BCUT2D eigenvalue weighted by Crippen LogP contribution is 2.28. The summed E-state index contributed by atoms with van der Waals surface area (Å²) in [5, 5.41) is 8.23. The van der Waals surface area contributed by atoms with Crippen LogP contribution < -0.4 is 10.5 Å². The van der Waals surface area contributed by atoms with Crippen LogP contribution in [-0.4, -0.2) is 46.3 Å². The summed E-state index contributed by atoms with van der Waals surface area (Å²) in [5.74, 6) is 1.56. The lowest BCUT2D eigenvalue weighted by molar-refractivity contribution is 0.402. The largest absolute Gasteiger partial charge is 0.497 e. The predicted molar refractivity (Wildman–Crippen MR) is 115 cm³/mol. The fourth-order valence-electron chi connectivity index (χ4n) is 3.01. The average Bonchev–Trinajstić information content (AvgIpc) is 3.24. The number of ether oxygens (including phenoxy) is 1. The molecule has 30 heavy (non-hydrogen) atoms. The van der Waals surface area contributed by atoms with Gasteiger partial charge in [-0.05, 0) is 43.9 Å². The molecular weight excluding hydrogens is 380 g/mol. The molecule has 0 radical (unpaired) electrons. The van der Waals surface area contributed by atoms with Gasteiger partial charge in [0, 0.05) is 17.7 Å². The van der Waals surface area contributed by atoms with E-state index >= 15 is 0 Å². The summed E-state index contributed by atoms with van der Waals surface area (Å²) >= 11 is 0. The highest BCUT2D eigenvalue weighted by Gasteiger charge is 2.17. The molecule has 0 aliphatic carbocycles. The first-order valence-corrected chi connectivity index (χ1v) is 9.38. The molecule has 0 saturated heterocycles. The fraction of sp³-hybridized carbons (Fsp3) is 0.182. The van der Waals surface area contributed by atoms with E-state index in [0.29, 0.717) is 17.3 Å². The van der Waals surface area contributed by atoms with Crippen LogP contribution in [0.2, 0.25) is 0 Å². The molecule has 2 N–H and O–H groups in total. The van der Waals surface area contributed by atoms with E-state index in [-0.39, 0.29) is 11.7 Å². The highest BCUT2D eigenvalue weighted by molar-refractivity contribution is 5.69. The van der Waals surface area contributed by atoms with E-state index in [2.05, 4.69) is 37.2 Å². The Morgan fingerprint density at radius 1 is 0.933 bits per heavy atom. The van der Waals surface area contributed by atoms with Gasteiger partial charge in [0.2, 0.25) is 5.89 Å². The smallest absolute Gasteiger partial charge is 0.270 e. The number of methoxy groups -OCH3 is 1. The van der Waals surface area contributed by atoms with Gasteiger partial charge in [0.15, 0.2) is 11.5 Å². The molecule has 0 fully saturated rings. The monoisotopic (exact) mass is 402 g/mol. The molecule has 0 unspecified atom stereocenters. The maximum atomic E-state index is 6.04. The molecule has 0 bridgehead atoms. The highest BCUT2D eigenvalue weighted by atomic mass is 16.5. The number of rotatable bonds is 6. The van der Waals surface area contributed by atoms with Gasteiger partial charge in [-0.1, -0.05) is 24.3 Å². The minimum Gasteiger partial charge on any atom is -0.497 e. The molecule has 2 aromatic heterocycles. The molecular formula is C22H22N6O2. The number of nitrogens with two attached hydrogens (primary N) is 1. The number of nitrogens with zero attached hydrogens (tertiary/aromatic N) is 5. The number of hydrogen-bond donors (Lipinski definition) is 1. The van der Waals surface area contributed by atoms with Crippen LogP contribution in [0.25, 0.3) is 34.3 Å². The Bertz CT molecular complexity index is 1140. The van der Waals surface area contributed by atoms with Gasteiger partial charge in [0.05, 0.1) is 19.0 Å². The molecule has 8 heteroatoms. The molecule has 0 saturated carbocycles. The molecule has 0 spiro atoms. The van der Waals surface area contributed by atoms with Crippen LogP contribution in [0.4, 0.5) is 5.82 Å². The molecule has 0 aliphatic heterocycles. The van der Waals surface area contributed by atoms with Gasteiger partial charge >= 0.3 is 0 Å². The van der Waals surface area contributed by atoms with E-state index in [1.54, 1.807) is 13.3 Å². The third-order valence-electron chi connectivity index (χ3n) is 4.51. The number of hydrogen-bond acceptors (Lipinski definition) is 8. The molecule has 0 amide bonds. The normalized spacial score (nSPS) is 11.1. The van der Waals surface area contributed by atoms with Crippen molar-refractivity contribution in [2.45, 2.75) is 6.54 Å². The molecule has 4 rings (SSSR count). The first-order chi connectivity index (χ1) is 14.5. The number of aromatic nitrogens is 4. The lowest BCUT2D eigenvalue weighted by Gasteiger charge is -2.10. The summed E-state index contributed by atoms with van der Waals surface area (Å²) in [6.45, 7) is 0.870. The summed E-state index contributed by atoms with van der Waals surface area (Å²) in [4.78, 5) is 11.0. The third kappa shape index (κ3) is 4.13. The summed E-state index contributed by atoms with van der Waals surface area (Å²) in [6, 6.07) is 15.5. The quantitative estimate of drug-likeness (QED) is 0.523. The van der Waals surface area contributed by atoms with Crippen LogP contribution in [0.1, 0.15) is 5.56 Å². The van der Waals surface area contributed by atoms with E-state index < -0.39 is 0 Å². The Hall–Kier alpha value is -3.78. The Morgan fingerprint density at radius 2 is 1.60 bits per heavy atom. The van der Waals surface area contributed by atoms with Crippen LogP contribution in [0.15, 0.2) is 59.1 Å². The Morgan fingerprint density at radius 3 is 2.27 bits per heavy atom. The second-order valence-corrected chi connectivity index (χ2v) is 7.06. The summed E-state index contributed by atoms with van der Waals surface area (Å²) in [5.41, 5.74) is 10.00. The van der Waals surface area contributed by atoms with Crippen molar-refractivity contribution in [3.8, 4) is 40.0 Å². The summed E-state index contributed by atoms with van der Waals surface area (Å²) in [6.07, 6.45) is 1.64. The molecule has 4 aromatic rings. The Balaban J connectivity index is 1.63. The number of anilines is 1. The minimum atomic E-state index is 0.219. The van der Waals surface area contributed by atoms with Crippen molar-refractivity contribution in [1.82, 2.24) is 25.1 Å². The maximum Gasteiger partial charge on any atom is 0.270 e. The van der Waals surface area contributed by atoms with Crippen LogP contribution in [0, 0.1) is 0 Å². The van der Waals surface area contributed by atoms with Crippen molar-refractivity contribution in [3.05, 3.63) is 60.3 Å². The van der Waals surface area contributed by atoms with Crippen LogP contribution >= 0.6 is 0 Å². The minimum absolute atomic E-state index is 0.219.